The number of nitrogens with zero attached hydrogens (tertiary/aromatic N) is 1. The van der Waals surface area contributed by atoms with Crippen LogP contribution in [-0.4, -0.2) is 10.8 Å². The number of hydrazine groups is 1. The van der Waals surface area contributed by atoms with E-state index >= 15 is 0 Å². The SMILES string of the molecule is CC(C)[C@]1(C)NC(=S)N(c2ccccc2)N1. The summed E-state index contributed by atoms with van der Waals surface area (Å²) in [5.74, 6) is 0.444. The molecule has 1 aliphatic heterocycles. The smallest absolute Gasteiger partial charge is 0.189 e. The number of hydrogen-bond acceptors (Lipinski definition) is 2. The highest BCUT2D eigenvalue weighted by Gasteiger charge is 2.38. The molecule has 2 rings (SSSR count). The van der Waals surface area contributed by atoms with Gasteiger partial charge in [0.2, 0.25) is 0 Å². The summed E-state index contributed by atoms with van der Waals surface area (Å²) in [5.41, 5.74) is 4.30. The summed E-state index contributed by atoms with van der Waals surface area (Å²) < 4.78 is 0. The minimum absolute atomic E-state index is 0.174. The Balaban J connectivity index is 2.24. The van der Waals surface area contributed by atoms with Gasteiger partial charge in [0, 0.05) is 0 Å². The molecule has 0 spiro atoms. The predicted octanol–water partition coefficient (Wildman–Crippen LogP) is 2.26. The van der Waals surface area contributed by atoms with Crippen LogP contribution in [0.2, 0.25) is 0 Å². The maximum Gasteiger partial charge on any atom is 0.189 e. The van der Waals surface area contributed by atoms with Crippen LogP contribution < -0.4 is 15.8 Å². The van der Waals surface area contributed by atoms with Crippen LogP contribution in [0.25, 0.3) is 0 Å². The average molecular weight is 235 g/mol. The first-order valence-electron chi connectivity index (χ1n) is 5.48. The topological polar surface area (TPSA) is 27.3 Å². The maximum absolute atomic E-state index is 5.34. The van der Waals surface area contributed by atoms with E-state index in [1.54, 1.807) is 0 Å². The van der Waals surface area contributed by atoms with Crippen molar-refractivity contribution in [2.24, 2.45) is 5.92 Å². The largest absolute Gasteiger partial charge is 0.342 e. The van der Waals surface area contributed by atoms with Crippen LogP contribution in [0.15, 0.2) is 30.3 Å². The molecule has 0 radical (unpaired) electrons. The first kappa shape index (κ1) is 11.4. The summed E-state index contributed by atoms with van der Waals surface area (Å²) in [6.45, 7) is 6.45. The maximum atomic E-state index is 5.34. The van der Waals surface area contributed by atoms with Gasteiger partial charge in [0.1, 0.15) is 5.66 Å². The number of hydrogen-bond donors (Lipinski definition) is 2. The number of nitrogens with one attached hydrogen (secondary N) is 2. The number of para-hydroxylation sites is 1. The monoisotopic (exact) mass is 235 g/mol. The van der Waals surface area contributed by atoms with Crippen molar-refractivity contribution >= 4 is 23.0 Å². The highest BCUT2D eigenvalue weighted by Crippen LogP contribution is 2.23. The molecule has 3 nitrogen and oxygen atoms in total. The molecule has 1 saturated heterocycles. The minimum Gasteiger partial charge on any atom is -0.342 e. The van der Waals surface area contributed by atoms with Gasteiger partial charge in [-0.25, -0.2) is 5.43 Å². The Morgan fingerprint density at radius 2 is 1.88 bits per heavy atom. The zero-order valence-corrected chi connectivity index (χ0v) is 10.6. The number of benzene rings is 1. The Kier molecular flexibility index (Phi) is 2.86. The van der Waals surface area contributed by atoms with E-state index in [1.807, 2.05) is 35.3 Å². The quantitative estimate of drug-likeness (QED) is 0.769. The fraction of sp³-hybridized carbons (Fsp3) is 0.417. The van der Waals surface area contributed by atoms with Crippen molar-refractivity contribution in [2.75, 3.05) is 5.01 Å². The van der Waals surface area contributed by atoms with E-state index in [1.165, 1.54) is 0 Å². The van der Waals surface area contributed by atoms with Crippen LogP contribution in [0.4, 0.5) is 5.69 Å². The summed E-state index contributed by atoms with van der Waals surface area (Å²) in [7, 11) is 0. The molecule has 2 N–H and O–H groups in total. The number of anilines is 1. The molecule has 1 atom stereocenters. The Hall–Kier alpha value is -1.13. The van der Waals surface area contributed by atoms with Crippen molar-refractivity contribution in [1.82, 2.24) is 10.7 Å². The van der Waals surface area contributed by atoms with Crippen LogP contribution in [0.5, 0.6) is 0 Å². The summed E-state index contributed by atoms with van der Waals surface area (Å²) in [5, 5.41) is 5.97. The Morgan fingerprint density at radius 3 is 2.38 bits per heavy atom. The Bertz CT molecular complexity index is 391. The molecule has 0 amide bonds. The Labute approximate surface area is 102 Å². The van der Waals surface area contributed by atoms with Crippen LogP contribution in [-0.2, 0) is 0 Å². The predicted molar refractivity (Wildman–Crippen MR) is 71.0 cm³/mol. The van der Waals surface area contributed by atoms with E-state index in [0.29, 0.717) is 5.92 Å². The fourth-order valence-corrected chi connectivity index (χ4v) is 1.98. The second-order valence-corrected chi connectivity index (χ2v) is 4.96. The van der Waals surface area contributed by atoms with Gasteiger partial charge in [-0.1, -0.05) is 32.0 Å². The van der Waals surface area contributed by atoms with E-state index < -0.39 is 0 Å². The number of rotatable bonds is 2. The van der Waals surface area contributed by atoms with Gasteiger partial charge in [0.05, 0.1) is 5.69 Å². The molecule has 1 aromatic rings. The van der Waals surface area contributed by atoms with Crippen molar-refractivity contribution < 1.29 is 0 Å². The van der Waals surface area contributed by atoms with Crippen LogP contribution >= 0.6 is 12.2 Å². The van der Waals surface area contributed by atoms with Gasteiger partial charge < -0.3 is 5.32 Å². The van der Waals surface area contributed by atoms with E-state index in [4.69, 9.17) is 12.2 Å². The zero-order chi connectivity index (χ0) is 11.8. The molecule has 0 unspecified atom stereocenters. The van der Waals surface area contributed by atoms with Gasteiger partial charge in [-0.2, -0.15) is 0 Å². The average Bonchev–Trinajstić information content (AvgIpc) is 2.57. The second kappa shape index (κ2) is 4.03. The normalized spacial score (nSPS) is 25.0. The lowest BCUT2D eigenvalue weighted by atomic mass is 10.00. The summed E-state index contributed by atoms with van der Waals surface area (Å²) in [6, 6.07) is 10.1. The van der Waals surface area contributed by atoms with Crippen molar-refractivity contribution in [1.29, 1.82) is 0 Å². The molecule has 0 aliphatic carbocycles. The van der Waals surface area contributed by atoms with Crippen molar-refractivity contribution in [3.05, 3.63) is 30.3 Å². The van der Waals surface area contributed by atoms with Crippen molar-refractivity contribution in [3.63, 3.8) is 0 Å². The third-order valence-corrected chi connectivity index (χ3v) is 3.37. The standard InChI is InChI=1S/C12H17N3S/c1-9(2)12(3)13-11(16)15(14-12)10-7-5-4-6-8-10/h4-9,14H,1-3H3,(H,13,16)/t12-/m1/s1. The summed E-state index contributed by atoms with van der Waals surface area (Å²) >= 11 is 5.34. The molecule has 16 heavy (non-hydrogen) atoms. The van der Waals surface area contributed by atoms with E-state index in [9.17, 15) is 0 Å². The highest BCUT2D eigenvalue weighted by molar-refractivity contribution is 7.80. The third-order valence-electron chi connectivity index (χ3n) is 3.08. The van der Waals surface area contributed by atoms with Crippen molar-refractivity contribution in [3.8, 4) is 0 Å². The molecule has 1 aromatic carbocycles. The van der Waals surface area contributed by atoms with Crippen LogP contribution in [0.3, 0.4) is 0 Å². The third kappa shape index (κ3) is 1.90. The molecule has 86 valence electrons. The van der Waals surface area contributed by atoms with E-state index in [0.717, 1.165) is 10.8 Å². The molecule has 1 heterocycles. The fourth-order valence-electron chi connectivity index (χ4n) is 1.62. The van der Waals surface area contributed by atoms with Crippen LogP contribution in [0.1, 0.15) is 20.8 Å². The van der Waals surface area contributed by atoms with Crippen molar-refractivity contribution in [2.45, 2.75) is 26.4 Å². The minimum atomic E-state index is -0.174. The van der Waals surface area contributed by atoms with Gasteiger partial charge in [0.15, 0.2) is 5.11 Å². The van der Waals surface area contributed by atoms with Gasteiger partial charge in [-0.3, -0.25) is 5.01 Å². The molecule has 0 bridgehead atoms. The molecule has 4 heteroatoms. The first-order valence-corrected chi connectivity index (χ1v) is 5.89. The lowest BCUT2D eigenvalue weighted by molar-refractivity contribution is 0.271. The lowest BCUT2D eigenvalue weighted by Gasteiger charge is -2.29. The van der Waals surface area contributed by atoms with Gasteiger partial charge in [-0.05, 0) is 37.2 Å². The van der Waals surface area contributed by atoms with E-state index in [-0.39, 0.29) is 5.66 Å². The molecular formula is C12H17N3S. The molecule has 1 fully saturated rings. The number of thiocarbonyl (C=S) groups is 1. The van der Waals surface area contributed by atoms with Gasteiger partial charge >= 0.3 is 0 Å². The first-order chi connectivity index (χ1) is 7.53. The second-order valence-electron chi connectivity index (χ2n) is 4.57. The van der Waals surface area contributed by atoms with E-state index in [2.05, 4.69) is 31.5 Å². The Morgan fingerprint density at radius 1 is 1.25 bits per heavy atom. The summed E-state index contributed by atoms with van der Waals surface area (Å²) in [4.78, 5) is 0. The summed E-state index contributed by atoms with van der Waals surface area (Å²) in [6.07, 6.45) is 0. The van der Waals surface area contributed by atoms with Crippen LogP contribution in [0, 0.1) is 5.92 Å². The lowest BCUT2D eigenvalue weighted by Crippen LogP contribution is -2.52. The van der Waals surface area contributed by atoms with Gasteiger partial charge in [0.25, 0.3) is 0 Å². The van der Waals surface area contributed by atoms with Gasteiger partial charge in [-0.15, -0.1) is 0 Å². The molecule has 0 saturated carbocycles. The zero-order valence-electron chi connectivity index (χ0n) is 9.82. The molecule has 1 aliphatic rings. The molecule has 0 aromatic heterocycles. The molecular weight excluding hydrogens is 218 g/mol. The highest BCUT2D eigenvalue weighted by atomic mass is 32.1.